The van der Waals surface area contributed by atoms with E-state index in [1.54, 1.807) is 17.5 Å². The Labute approximate surface area is 105 Å². The van der Waals surface area contributed by atoms with Crippen LogP contribution in [-0.4, -0.2) is 15.0 Å². The monoisotopic (exact) mass is 248 g/mol. The molecule has 0 aromatic carbocycles. The molecule has 2 aromatic rings. The molecule has 0 aliphatic rings. The second kappa shape index (κ2) is 5.33. The quantitative estimate of drug-likeness (QED) is 0.900. The van der Waals surface area contributed by atoms with Crippen molar-refractivity contribution in [2.24, 2.45) is 0 Å². The van der Waals surface area contributed by atoms with Crippen molar-refractivity contribution in [2.45, 2.75) is 33.9 Å². The standard InChI is InChI=1S/C12H16N4S/c1-8-9(2)17-12(15-8)7-13-6-11-4-5-14-10(3)16-11/h4-5,13H,6-7H2,1-3H3. The first-order valence-corrected chi connectivity index (χ1v) is 6.39. The number of rotatable bonds is 4. The third kappa shape index (κ3) is 3.31. The lowest BCUT2D eigenvalue weighted by Crippen LogP contribution is -2.14. The molecule has 0 fully saturated rings. The van der Waals surface area contributed by atoms with Crippen LogP contribution in [0.3, 0.4) is 0 Å². The molecule has 0 amide bonds. The minimum Gasteiger partial charge on any atom is -0.305 e. The highest BCUT2D eigenvalue weighted by Gasteiger charge is 2.03. The summed E-state index contributed by atoms with van der Waals surface area (Å²) in [6, 6.07) is 1.93. The van der Waals surface area contributed by atoms with Crippen molar-refractivity contribution in [2.75, 3.05) is 0 Å². The SMILES string of the molecule is Cc1nccc(CNCc2nc(C)c(C)s2)n1. The minimum atomic E-state index is 0.751. The molecular weight excluding hydrogens is 232 g/mol. The van der Waals surface area contributed by atoms with E-state index in [0.29, 0.717) is 0 Å². The molecule has 0 spiro atoms. The van der Waals surface area contributed by atoms with Crippen LogP contribution in [0, 0.1) is 20.8 Å². The first-order chi connectivity index (χ1) is 8.15. The van der Waals surface area contributed by atoms with Crippen LogP contribution in [0.15, 0.2) is 12.3 Å². The van der Waals surface area contributed by atoms with Gasteiger partial charge in [-0.1, -0.05) is 0 Å². The highest BCUT2D eigenvalue weighted by Crippen LogP contribution is 2.15. The summed E-state index contributed by atoms with van der Waals surface area (Å²) >= 11 is 1.75. The van der Waals surface area contributed by atoms with Crippen molar-refractivity contribution in [3.63, 3.8) is 0 Å². The van der Waals surface area contributed by atoms with Crippen molar-refractivity contribution in [1.82, 2.24) is 20.3 Å². The average molecular weight is 248 g/mol. The van der Waals surface area contributed by atoms with Gasteiger partial charge in [0.25, 0.3) is 0 Å². The Morgan fingerprint density at radius 2 is 2.00 bits per heavy atom. The zero-order valence-corrected chi connectivity index (χ0v) is 11.1. The molecule has 4 nitrogen and oxygen atoms in total. The molecular formula is C12H16N4S. The maximum Gasteiger partial charge on any atom is 0.125 e. The van der Waals surface area contributed by atoms with E-state index in [2.05, 4.69) is 27.2 Å². The van der Waals surface area contributed by atoms with E-state index in [4.69, 9.17) is 0 Å². The normalized spacial score (nSPS) is 10.8. The minimum absolute atomic E-state index is 0.751. The largest absolute Gasteiger partial charge is 0.305 e. The van der Waals surface area contributed by atoms with Gasteiger partial charge in [-0.15, -0.1) is 11.3 Å². The van der Waals surface area contributed by atoms with Gasteiger partial charge in [0.05, 0.1) is 11.4 Å². The van der Waals surface area contributed by atoms with Crippen molar-refractivity contribution in [3.8, 4) is 0 Å². The Morgan fingerprint density at radius 1 is 1.18 bits per heavy atom. The summed E-state index contributed by atoms with van der Waals surface area (Å²) in [5.74, 6) is 0.810. The van der Waals surface area contributed by atoms with Gasteiger partial charge >= 0.3 is 0 Å². The first-order valence-electron chi connectivity index (χ1n) is 5.57. The third-order valence-corrected chi connectivity index (χ3v) is 3.56. The highest BCUT2D eigenvalue weighted by molar-refractivity contribution is 7.11. The van der Waals surface area contributed by atoms with Gasteiger partial charge in [-0.2, -0.15) is 0 Å². The van der Waals surface area contributed by atoms with Crippen LogP contribution >= 0.6 is 11.3 Å². The van der Waals surface area contributed by atoms with E-state index in [1.807, 2.05) is 19.9 Å². The van der Waals surface area contributed by atoms with Gasteiger partial charge in [0.2, 0.25) is 0 Å². The molecule has 2 heterocycles. The summed E-state index contributed by atoms with van der Waals surface area (Å²) < 4.78 is 0. The Bertz CT molecular complexity index is 487. The van der Waals surface area contributed by atoms with E-state index in [0.717, 1.165) is 35.3 Å². The smallest absolute Gasteiger partial charge is 0.125 e. The number of nitrogens with zero attached hydrogens (tertiary/aromatic N) is 3. The van der Waals surface area contributed by atoms with Gasteiger partial charge in [-0.05, 0) is 26.8 Å². The number of hydrogen-bond acceptors (Lipinski definition) is 5. The molecule has 0 aliphatic heterocycles. The molecule has 0 radical (unpaired) electrons. The molecule has 0 saturated carbocycles. The summed E-state index contributed by atoms with van der Waals surface area (Å²) in [7, 11) is 0. The maximum atomic E-state index is 4.48. The van der Waals surface area contributed by atoms with E-state index in [-0.39, 0.29) is 0 Å². The van der Waals surface area contributed by atoms with Crippen LogP contribution in [0.4, 0.5) is 0 Å². The molecule has 90 valence electrons. The molecule has 5 heteroatoms. The van der Waals surface area contributed by atoms with Gasteiger partial charge in [0.15, 0.2) is 0 Å². The fraction of sp³-hybridized carbons (Fsp3) is 0.417. The van der Waals surface area contributed by atoms with Crippen LogP contribution in [0.1, 0.15) is 27.1 Å². The molecule has 0 atom stereocenters. The predicted octanol–water partition coefficient (Wildman–Crippen LogP) is 2.15. The summed E-state index contributed by atoms with van der Waals surface area (Å²) in [5.41, 5.74) is 2.15. The van der Waals surface area contributed by atoms with Crippen molar-refractivity contribution < 1.29 is 0 Å². The van der Waals surface area contributed by atoms with Crippen LogP contribution in [-0.2, 0) is 13.1 Å². The number of aryl methyl sites for hydroxylation is 3. The summed E-state index contributed by atoms with van der Waals surface area (Å²) in [6.07, 6.45) is 1.79. The average Bonchev–Trinajstić information content (AvgIpc) is 2.58. The molecule has 0 saturated heterocycles. The lowest BCUT2D eigenvalue weighted by Gasteiger charge is -2.02. The molecule has 0 unspecified atom stereocenters. The van der Waals surface area contributed by atoms with Crippen LogP contribution in [0.25, 0.3) is 0 Å². The van der Waals surface area contributed by atoms with Crippen LogP contribution < -0.4 is 5.32 Å². The molecule has 2 rings (SSSR count). The lowest BCUT2D eigenvalue weighted by molar-refractivity contribution is 0.671. The molecule has 17 heavy (non-hydrogen) atoms. The molecule has 1 N–H and O–H groups in total. The summed E-state index contributed by atoms with van der Waals surface area (Å²) in [6.45, 7) is 7.59. The zero-order chi connectivity index (χ0) is 12.3. The number of aromatic nitrogens is 3. The van der Waals surface area contributed by atoms with Gasteiger partial charge in [-0.3, -0.25) is 0 Å². The topological polar surface area (TPSA) is 50.7 Å². The van der Waals surface area contributed by atoms with Crippen molar-refractivity contribution in [3.05, 3.63) is 39.4 Å². The fourth-order valence-electron chi connectivity index (χ4n) is 1.52. The zero-order valence-electron chi connectivity index (χ0n) is 10.3. The van der Waals surface area contributed by atoms with Gasteiger partial charge < -0.3 is 5.32 Å². The molecule has 0 bridgehead atoms. The van der Waals surface area contributed by atoms with Crippen molar-refractivity contribution >= 4 is 11.3 Å². The fourth-order valence-corrected chi connectivity index (χ4v) is 2.42. The highest BCUT2D eigenvalue weighted by atomic mass is 32.1. The van der Waals surface area contributed by atoms with Crippen LogP contribution in [0.5, 0.6) is 0 Å². The van der Waals surface area contributed by atoms with E-state index >= 15 is 0 Å². The lowest BCUT2D eigenvalue weighted by atomic mass is 10.4. The van der Waals surface area contributed by atoms with E-state index in [1.165, 1.54) is 4.88 Å². The van der Waals surface area contributed by atoms with Gasteiger partial charge in [0, 0.05) is 24.2 Å². The summed E-state index contributed by atoms with van der Waals surface area (Å²) in [5, 5.41) is 4.47. The Morgan fingerprint density at radius 3 is 2.65 bits per heavy atom. The maximum absolute atomic E-state index is 4.48. The van der Waals surface area contributed by atoms with E-state index in [9.17, 15) is 0 Å². The first kappa shape index (κ1) is 12.1. The molecule has 2 aromatic heterocycles. The Hall–Kier alpha value is -1.33. The third-order valence-electron chi connectivity index (χ3n) is 2.49. The summed E-state index contributed by atoms with van der Waals surface area (Å²) in [4.78, 5) is 14.2. The Kier molecular flexibility index (Phi) is 3.81. The Balaban J connectivity index is 1.87. The number of nitrogens with one attached hydrogen (secondary N) is 1. The second-order valence-corrected chi connectivity index (χ2v) is 5.24. The van der Waals surface area contributed by atoms with Crippen molar-refractivity contribution in [1.29, 1.82) is 0 Å². The van der Waals surface area contributed by atoms with Crippen LogP contribution in [0.2, 0.25) is 0 Å². The number of thiazole rings is 1. The second-order valence-electron chi connectivity index (χ2n) is 3.95. The van der Waals surface area contributed by atoms with Gasteiger partial charge in [-0.25, -0.2) is 15.0 Å². The predicted molar refractivity (Wildman–Crippen MR) is 68.9 cm³/mol. The number of hydrogen-bond donors (Lipinski definition) is 1. The molecule has 0 aliphatic carbocycles. The van der Waals surface area contributed by atoms with E-state index < -0.39 is 0 Å². The van der Waals surface area contributed by atoms with Gasteiger partial charge in [0.1, 0.15) is 10.8 Å².